The number of hydrogen-bond donors (Lipinski definition) is 3. The molecule has 1 fully saturated rings. The van der Waals surface area contributed by atoms with Crippen molar-refractivity contribution in [3.8, 4) is 0 Å². The van der Waals surface area contributed by atoms with Gasteiger partial charge in [-0.15, -0.1) is 0 Å². The Morgan fingerprint density at radius 3 is 2.64 bits per heavy atom. The number of amides is 1. The molecule has 22 heavy (non-hydrogen) atoms. The Morgan fingerprint density at radius 2 is 1.95 bits per heavy atom. The summed E-state index contributed by atoms with van der Waals surface area (Å²) in [6.07, 6.45) is 3.87. The van der Waals surface area contributed by atoms with Crippen molar-refractivity contribution in [1.82, 2.24) is 15.4 Å². The van der Waals surface area contributed by atoms with Crippen LogP contribution in [0.4, 0.5) is 0 Å². The highest BCUT2D eigenvalue weighted by atomic mass is 32.2. The smallest absolute Gasteiger partial charge is 0.251 e. The van der Waals surface area contributed by atoms with Crippen LogP contribution in [0.15, 0.2) is 29.2 Å². The van der Waals surface area contributed by atoms with E-state index < -0.39 is 10.0 Å². The normalized spacial score (nSPS) is 15.9. The average Bonchev–Trinajstić information content (AvgIpc) is 3.00. The van der Waals surface area contributed by atoms with Crippen molar-refractivity contribution in [1.29, 1.82) is 0 Å². The second-order valence-corrected chi connectivity index (χ2v) is 7.20. The zero-order valence-corrected chi connectivity index (χ0v) is 13.6. The summed E-state index contributed by atoms with van der Waals surface area (Å²) in [7, 11) is -1.77. The minimum absolute atomic E-state index is 0.0121. The molecule has 0 atom stereocenters. The third-order valence-electron chi connectivity index (χ3n) is 3.74. The predicted octanol–water partition coefficient (Wildman–Crippen LogP) is 0.857. The average molecular weight is 325 g/mol. The fourth-order valence-corrected chi connectivity index (χ4v) is 3.89. The van der Waals surface area contributed by atoms with Crippen LogP contribution < -0.4 is 15.4 Å². The summed E-state index contributed by atoms with van der Waals surface area (Å²) in [5.74, 6) is -0.270. The van der Waals surface area contributed by atoms with Crippen molar-refractivity contribution in [2.24, 2.45) is 0 Å². The summed E-state index contributed by atoms with van der Waals surface area (Å²) >= 11 is 0. The number of benzene rings is 1. The van der Waals surface area contributed by atoms with Gasteiger partial charge in [0.05, 0.1) is 4.90 Å². The number of likely N-dealkylation sites (N-methyl/N-ethyl adjacent to an activating group) is 1. The number of hydrogen-bond acceptors (Lipinski definition) is 4. The van der Waals surface area contributed by atoms with Crippen molar-refractivity contribution in [3.05, 3.63) is 29.8 Å². The van der Waals surface area contributed by atoms with Crippen molar-refractivity contribution in [3.63, 3.8) is 0 Å². The Balaban J connectivity index is 2.07. The lowest BCUT2D eigenvalue weighted by Crippen LogP contribution is -2.33. The zero-order valence-electron chi connectivity index (χ0n) is 12.8. The molecule has 2 rings (SSSR count). The van der Waals surface area contributed by atoms with Gasteiger partial charge >= 0.3 is 0 Å². The van der Waals surface area contributed by atoms with Gasteiger partial charge in [-0.05, 0) is 38.1 Å². The van der Waals surface area contributed by atoms with E-state index in [1.165, 1.54) is 12.1 Å². The first kappa shape index (κ1) is 16.9. The molecule has 0 bridgehead atoms. The lowest BCUT2D eigenvalue weighted by atomic mass is 10.2. The van der Waals surface area contributed by atoms with Gasteiger partial charge in [-0.25, -0.2) is 13.1 Å². The van der Waals surface area contributed by atoms with Crippen LogP contribution in [0, 0.1) is 0 Å². The maximum Gasteiger partial charge on any atom is 0.251 e. The highest BCUT2D eigenvalue weighted by Crippen LogP contribution is 2.20. The molecule has 0 heterocycles. The lowest BCUT2D eigenvalue weighted by Gasteiger charge is -2.13. The molecule has 3 N–H and O–H groups in total. The number of nitrogens with one attached hydrogen (secondary N) is 3. The van der Waals surface area contributed by atoms with Gasteiger partial charge in [0.2, 0.25) is 10.0 Å². The van der Waals surface area contributed by atoms with E-state index >= 15 is 0 Å². The monoisotopic (exact) mass is 325 g/mol. The molecule has 122 valence electrons. The zero-order chi connectivity index (χ0) is 16.0. The fourth-order valence-electron chi connectivity index (χ4n) is 2.54. The molecular weight excluding hydrogens is 302 g/mol. The summed E-state index contributed by atoms with van der Waals surface area (Å²) in [6, 6.07) is 6.16. The Labute approximate surface area is 131 Å². The first-order valence-corrected chi connectivity index (χ1v) is 9.06. The van der Waals surface area contributed by atoms with Crippen LogP contribution in [0.1, 0.15) is 36.0 Å². The minimum atomic E-state index is -3.57. The fraction of sp³-hybridized carbons (Fsp3) is 0.533. The van der Waals surface area contributed by atoms with Crippen LogP contribution >= 0.6 is 0 Å². The molecule has 7 heteroatoms. The van der Waals surface area contributed by atoms with Gasteiger partial charge < -0.3 is 10.6 Å². The molecule has 6 nitrogen and oxygen atoms in total. The van der Waals surface area contributed by atoms with Crippen LogP contribution in [0.5, 0.6) is 0 Å². The van der Waals surface area contributed by atoms with Crippen LogP contribution in [0.2, 0.25) is 0 Å². The highest BCUT2D eigenvalue weighted by molar-refractivity contribution is 7.89. The third kappa shape index (κ3) is 4.53. The number of carbonyl (C=O) groups is 1. The Morgan fingerprint density at radius 1 is 1.23 bits per heavy atom. The van der Waals surface area contributed by atoms with E-state index in [0.29, 0.717) is 18.7 Å². The second-order valence-electron chi connectivity index (χ2n) is 5.49. The number of rotatable bonds is 7. The standard InChI is InChI=1S/C15H23N3O3S/c1-16-9-10-17-15(19)12-5-4-8-14(11-12)22(20,21)18-13-6-2-3-7-13/h4-5,8,11,13,16,18H,2-3,6-7,9-10H2,1H3,(H,17,19). The first-order chi connectivity index (χ1) is 10.5. The molecule has 1 aromatic rings. The predicted molar refractivity (Wildman–Crippen MR) is 85.3 cm³/mol. The van der Waals surface area contributed by atoms with Gasteiger partial charge in [-0.1, -0.05) is 18.9 Å². The minimum Gasteiger partial charge on any atom is -0.351 e. The molecule has 0 aliphatic heterocycles. The van der Waals surface area contributed by atoms with Crippen LogP contribution in [-0.4, -0.2) is 40.5 Å². The van der Waals surface area contributed by atoms with E-state index in [-0.39, 0.29) is 16.8 Å². The number of sulfonamides is 1. The Hall–Kier alpha value is -1.44. The molecule has 0 saturated heterocycles. The number of carbonyl (C=O) groups excluding carboxylic acids is 1. The maximum atomic E-state index is 12.4. The maximum absolute atomic E-state index is 12.4. The van der Waals surface area contributed by atoms with Gasteiger partial charge in [0, 0.05) is 24.7 Å². The van der Waals surface area contributed by atoms with E-state index in [0.717, 1.165) is 25.7 Å². The van der Waals surface area contributed by atoms with E-state index in [1.54, 1.807) is 19.2 Å². The van der Waals surface area contributed by atoms with E-state index in [1.807, 2.05) is 0 Å². The van der Waals surface area contributed by atoms with Gasteiger partial charge in [0.25, 0.3) is 5.91 Å². The topological polar surface area (TPSA) is 87.3 Å². The molecule has 1 aromatic carbocycles. The SMILES string of the molecule is CNCCNC(=O)c1cccc(S(=O)(=O)NC2CCCC2)c1. The van der Waals surface area contributed by atoms with Crippen LogP contribution in [0.25, 0.3) is 0 Å². The van der Waals surface area contributed by atoms with Gasteiger partial charge in [-0.3, -0.25) is 4.79 Å². The first-order valence-electron chi connectivity index (χ1n) is 7.58. The molecule has 1 aliphatic rings. The van der Waals surface area contributed by atoms with E-state index in [2.05, 4.69) is 15.4 Å². The molecule has 0 radical (unpaired) electrons. The Kier molecular flexibility index (Phi) is 5.93. The summed E-state index contributed by atoms with van der Waals surface area (Å²) in [5, 5.41) is 5.66. The molecule has 1 amide bonds. The highest BCUT2D eigenvalue weighted by Gasteiger charge is 2.23. The van der Waals surface area contributed by atoms with Crippen molar-refractivity contribution >= 4 is 15.9 Å². The quantitative estimate of drug-likeness (QED) is 0.649. The molecule has 0 aromatic heterocycles. The van der Waals surface area contributed by atoms with Crippen molar-refractivity contribution in [2.45, 2.75) is 36.6 Å². The van der Waals surface area contributed by atoms with Gasteiger partial charge in [-0.2, -0.15) is 0 Å². The molecule has 1 saturated carbocycles. The summed E-state index contributed by atoms with van der Waals surface area (Å²) in [4.78, 5) is 12.1. The van der Waals surface area contributed by atoms with Gasteiger partial charge in [0.15, 0.2) is 0 Å². The van der Waals surface area contributed by atoms with Gasteiger partial charge in [0.1, 0.15) is 0 Å². The van der Waals surface area contributed by atoms with Crippen LogP contribution in [-0.2, 0) is 10.0 Å². The largest absolute Gasteiger partial charge is 0.351 e. The molecule has 1 aliphatic carbocycles. The molecule has 0 spiro atoms. The lowest BCUT2D eigenvalue weighted by molar-refractivity contribution is 0.0954. The third-order valence-corrected chi connectivity index (χ3v) is 5.26. The van der Waals surface area contributed by atoms with E-state index in [4.69, 9.17) is 0 Å². The van der Waals surface area contributed by atoms with Crippen LogP contribution in [0.3, 0.4) is 0 Å². The van der Waals surface area contributed by atoms with Crippen molar-refractivity contribution < 1.29 is 13.2 Å². The summed E-state index contributed by atoms with van der Waals surface area (Å²) < 4.78 is 27.5. The van der Waals surface area contributed by atoms with E-state index in [9.17, 15) is 13.2 Å². The summed E-state index contributed by atoms with van der Waals surface area (Å²) in [5.41, 5.74) is 0.352. The van der Waals surface area contributed by atoms with Crippen molar-refractivity contribution in [2.75, 3.05) is 20.1 Å². The molecular formula is C15H23N3O3S. The second kappa shape index (κ2) is 7.71. The molecule has 0 unspecified atom stereocenters. The summed E-state index contributed by atoms with van der Waals surface area (Å²) in [6.45, 7) is 1.15. The Bertz CT molecular complexity index is 610.